The van der Waals surface area contributed by atoms with Crippen LogP contribution in [-0.2, 0) is 30.6 Å². The van der Waals surface area contributed by atoms with Crippen molar-refractivity contribution in [3.8, 4) is 0 Å². The summed E-state index contributed by atoms with van der Waals surface area (Å²) in [4.78, 5) is 59.8. The smallest absolute Gasteiger partial charge is 0.347 e. The highest BCUT2D eigenvalue weighted by Gasteiger charge is 2.53. The highest BCUT2D eigenvalue weighted by molar-refractivity contribution is 8.00. The zero-order chi connectivity index (χ0) is 30.8. The SMILES string of the molecule is C[C@H](O/N=C(\C(=O)N[C@@H]1C(=O)N2C(C(=O)[O-])=C(C[n+]3ccc(N[C@@H]4CCNC4)cc3)CS[C@H]12)c1nc(N)sc1Cl)C(=O)O. The molecule has 5 rings (SSSR count). The van der Waals surface area contributed by atoms with E-state index in [1.54, 1.807) is 0 Å². The van der Waals surface area contributed by atoms with Gasteiger partial charge in [-0.15, -0.1) is 11.8 Å². The fourth-order valence-corrected chi connectivity index (χ4v) is 6.99. The number of carboxylic acid groups (broad SMARTS) is 2. The molecule has 18 heteroatoms. The van der Waals surface area contributed by atoms with Crippen molar-refractivity contribution in [3.05, 3.63) is 45.8 Å². The van der Waals surface area contributed by atoms with Crippen LogP contribution in [0.2, 0.25) is 4.34 Å². The average molecular weight is 651 g/mol. The second-order valence-electron chi connectivity index (χ2n) is 9.89. The van der Waals surface area contributed by atoms with Crippen LogP contribution in [0, 0.1) is 0 Å². The summed E-state index contributed by atoms with van der Waals surface area (Å²) in [6, 6.07) is 3.03. The number of β-lactam (4-membered cyclic amide) rings is 1. The summed E-state index contributed by atoms with van der Waals surface area (Å²) in [5.41, 5.74) is 6.22. The molecule has 2 amide bonds. The number of nitrogens with one attached hydrogen (secondary N) is 3. The molecule has 2 saturated heterocycles. The second-order valence-corrected chi connectivity index (χ2v) is 12.6. The van der Waals surface area contributed by atoms with Gasteiger partial charge in [-0.3, -0.25) is 14.5 Å². The fraction of sp³-hybridized carbons (Fsp3) is 0.400. The first kappa shape index (κ1) is 30.5. The van der Waals surface area contributed by atoms with Crippen molar-refractivity contribution in [2.75, 3.05) is 29.9 Å². The average Bonchev–Trinajstić information content (AvgIpc) is 3.60. The maximum Gasteiger partial charge on any atom is 0.347 e. The first-order valence-corrected chi connectivity index (χ1v) is 15.3. The van der Waals surface area contributed by atoms with Crippen molar-refractivity contribution in [1.29, 1.82) is 0 Å². The Labute approximate surface area is 258 Å². The molecule has 2 fully saturated rings. The molecular formula is C25H27ClN8O7S2. The minimum absolute atomic E-state index is 0.00439. The van der Waals surface area contributed by atoms with Gasteiger partial charge in [-0.1, -0.05) is 28.1 Å². The molecule has 3 aliphatic heterocycles. The van der Waals surface area contributed by atoms with Crippen molar-refractivity contribution >= 4 is 75.0 Å². The standard InChI is InChI=1S/C25H27ClN8O7S2/c1-11(23(37)38)41-32-16(15-19(26)43-25(27)31-15)20(35)30-17-21(36)34-18(24(39)40)12(10-42-22(17)34)9-33-6-3-13(4-7-33)29-14-2-5-28-8-14/h3-4,6-7,11,14,17,22,28H,2,5,8-10H2,1H3,(H5,27,30,31,35,37,38,39,40)/b32-16-/t11-,14+,17+,22+/m0/s1. The molecule has 6 N–H and O–H groups in total. The number of oxime groups is 1. The van der Waals surface area contributed by atoms with E-state index in [-0.39, 0.29) is 33.2 Å². The first-order valence-electron chi connectivity index (χ1n) is 13.1. The predicted molar refractivity (Wildman–Crippen MR) is 155 cm³/mol. The van der Waals surface area contributed by atoms with E-state index in [4.69, 9.17) is 27.3 Å². The Hall–Kier alpha value is -3.93. The van der Waals surface area contributed by atoms with Gasteiger partial charge in [0.15, 0.2) is 29.8 Å². The van der Waals surface area contributed by atoms with Crippen LogP contribution in [0.15, 0.2) is 41.0 Å². The van der Waals surface area contributed by atoms with Crippen LogP contribution in [0.25, 0.3) is 0 Å². The molecular weight excluding hydrogens is 624 g/mol. The Bertz CT molecular complexity index is 1510. The number of rotatable bonds is 11. The van der Waals surface area contributed by atoms with Gasteiger partial charge in [0.2, 0.25) is 6.10 Å². The number of nitrogens with two attached hydrogens (primary N) is 1. The number of nitrogen functional groups attached to an aromatic ring is 1. The Kier molecular flexibility index (Phi) is 9.05. The number of fused-ring (bicyclic) bond motifs is 1. The maximum atomic E-state index is 13.2. The summed E-state index contributed by atoms with van der Waals surface area (Å²) in [5, 5.41) is 33.5. The Morgan fingerprint density at radius 2 is 2.14 bits per heavy atom. The van der Waals surface area contributed by atoms with Gasteiger partial charge in [-0.25, -0.2) is 14.3 Å². The largest absolute Gasteiger partial charge is 0.543 e. The quantitative estimate of drug-likeness (QED) is 0.0834. The zero-order valence-corrected chi connectivity index (χ0v) is 25.0. The molecule has 4 atom stereocenters. The highest BCUT2D eigenvalue weighted by Crippen LogP contribution is 2.40. The molecule has 0 aromatic carbocycles. The van der Waals surface area contributed by atoms with Gasteiger partial charge in [-0.05, 0) is 19.9 Å². The number of amides is 2. The third kappa shape index (κ3) is 6.53. The summed E-state index contributed by atoms with van der Waals surface area (Å²) < 4.78 is 1.81. The van der Waals surface area contributed by atoms with Gasteiger partial charge in [0.25, 0.3) is 11.8 Å². The van der Waals surface area contributed by atoms with Crippen molar-refractivity contribution in [3.63, 3.8) is 0 Å². The van der Waals surface area contributed by atoms with Gasteiger partial charge >= 0.3 is 5.97 Å². The van der Waals surface area contributed by atoms with Crippen LogP contribution >= 0.6 is 34.7 Å². The lowest BCUT2D eigenvalue weighted by atomic mass is 10.0. The molecule has 228 valence electrons. The lowest BCUT2D eigenvalue weighted by Gasteiger charge is -2.50. The van der Waals surface area contributed by atoms with Crippen molar-refractivity contribution in [2.45, 2.75) is 43.5 Å². The number of carbonyl (C=O) groups is 4. The number of hydrogen-bond donors (Lipinski definition) is 5. The number of nitrogens with zero attached hydrogens (tertiary/aromatic N) is 4. The number of thioether (sulfide) groups is 1. The Morgan fingerprint density at radius 3 is 2.74 bits per heavy atom. The van der Waals surface area contributed by atoms with Crippen molar-refractivity contribution in [2.24, 2.45) is 5.16 Å². The van der Waals surface area contributed by atoms with Gasteiger partial charge in [0.05, 0.1) is 11.7 Å². The molecule has 2 aromatic rings. The van der Waals surface area contributed by atoms with Crippen LogP contribution in [0.5, 0.6) is 0 Å². The molecule has 43 heavy (non-hydrogen) atoms. The summed E-state index contributed by atoms with van der Waals surface area (Å²) in [5.74, 6) is -4.18. The molecule has 0 saturated carbocycles. The van der Waals surface area contributed by atoms with E-state index in [9.17, 15) is 24.3 Å². The number of carboxylic acids is 2. The lowest BCUT2D eigenvalue weighted by Crippen LogP contribution is -2.71. The van der Waals surface area contributed by atoms with E-state index in [0.717, 1.165) is 41.4 Å². The molecule has 0 bridgehead atoms. The van der Waals surface area contributed by atoms with E-state index in [1.165, 1.54) is 18.7 Å². The number of hydrogen-bond acceptors (Lipinski definition) is 13. The van der Waals surface area contributed by atoms with E-state index >= 15 is 0 Å². The molecule has 0 unspecified atom stereocenters. The molecule has 2 aromatic heterocycles. The van der Waals surface area contributed by atoms with Crippen molar-refractivity contribution < 1.29 is 38.8 Å². The number of aliphatic carboxylic acids is 2. The monoisotopic (exact) mass is 650 g/mol. The second kappa shape index (κ2) is 12.7. The fourth-order valence-electron chi connectivity index (χ4n) is 4.73. The number of halogens is 1. The number of carbonyl (C=O) groups excluding carboxylic acids is 3. The number of aromatic nitrogens is 2. The van der Waals surface area contributed by atoms with Crippen LogP contribution in [0.4, 0.5) is 10.8 Å². The predicted octanol–water partition coefficient (Wildman–Crippen LogP) is -1.26. The van der Waals surface area contributed by atoms with Crippen LogP contribution in [0.1, 0.15) is 19.0 Å². The molecule has 0 aliphatic carbocycles. The summed E-state index contributed by atoms with van der Waals surface area (Å²) in [6.07, 6.45) is 3.27. The van der Waals surface area contributed by atoms with Crippen LogP contribution in [0.3, 0.4) is 0 Å². The molecule has 15 nitrogen and oxygen atoms in total. The number of thiazole rings is 1. The lowest BCUT2D eigenvalue weighted by molar-refractivity contribution is -0.689. The van der Waals surface area contributed by atoms with Crippen LogP contribution < -0.4 is 31.4 Å². The highest BCUT2D eigenvalue weighted by atomic mass is 35.5. The Morgan fingerprint density at radius 1 is 1.40 bits per heavy atom. The van der Waals surface area contributed by atoms with Gasteiger partial charge in [-0.2, -0.15) is 0 Å². The zero-order valence-electron chi connectivity index (χ0n) is 22.6. The number of anilines is 2. The normalized spacial score (nSPS) is 22.5. The third-order valence-corrected chi connectivity index (χ3v) is 9.34. The maximum absolute atomic E-state index is 13.2. The molecule has 5 heterocycles. The van der Waals surface area contributed by atoms with E-state index in [1.807, 2.05) is 29.1 Å². The van der Waals surface area contributed by atoms with E-state index in [2.05, 4.69) is 26.1 Å². The minimum atomic E-state index is -1.51. The third-order valence-electron chi connectivity index (χ3n) is 6.91. The Balaban J connectivity index is 1.30. The molecule has 0 spiro atoms. The van der Waals surface area contributed by atoms with Gasteiger partial charge < -0.3 is 41.5 Å². The van der Waals surface area contributed by atoms with Gasteiger partial charge in [0.1, 0.15) is 21.4 Å². The minimum Gasteiger partial charge on any atom is -0.543 e. The number of pyridine rings is 1. The van der Waals surface area contributed by atoms with Gasteiger partial charge in [0, 0.05) is 41.7 Å². The summed E-state index contributed by atoms with van der Waals surface area (Å²) in [6.45, 7) is 3.27. The summed E-state index contributed by atoms with van der Waals surface area (Å²) in [7, 11) is 0. The first-order chi connectivity index (χ1) is 20.5. The van der Waals surface area contributed by atoms with Crippen LogP contribution in [-0.4, -0.2) is 86.9 Å². The molecule has 3 aliphatic rings. The van der Waals surface area contributed by atoms with E-state index in [0.29, 0.717) is 11.6 Å². The van der Waals surface area contributed by atoms with Crippen molar-refractivity contribution in [1.82, 2.24) is 20.5 Å². The molecule has 0 radical (unpaired) electrons. The summed E-state index contributed by atoms with van der Waals surface area (Å²) >= 11 is 8.28. The topological polar surface area (TPSA) is 215 Å². The van der Waals surface area contributed by atoms with E-state index < -0.39 is 47.0 Å².